The molecular weight excluding hydrogens is 342 g/mol. The number of hydrogen-bond donors (Lipinski definition) is 1. The first kappa shape index (κ1) is 17.4. The van der Waals surface area contributed by atoms with E-state index in [9.17, 15) is 4.79 Å². The van der Waals surface area contributed by atoms with E-state index in [2.05, 4.69) is 23.4 Å². The Labute approximate surface area is 158 Å². The molecule has 1 atom stereocenters. The Balaban J connectivity index is 1.61. The summed E-state index contributed by atoms with van der Waals surface area (Å²) in [5.41, 5.74) is 4.09. The molecule has 0 aliphatic heterocycles. The van der Waals surface area contributed by atoms with Crippen molar-refractivity contribution >= 4 is 28.4 Å². The normalized spacial score (nSPS) is 16.4. The van der Waals surface area contributed by atoms with Crippen molar-refractivity contribution in [1.82, 2.24) is 14.5 Å². The summed E-state index contributed by atoms with van der Waals surface area (Å²) in [6, 6.07) is 8.50. The molecule has 1 aromatic carbocycles. The van der Waals surface area contributed by atoms with Crippen molar-refractivity contribution in [3.63, 3.8) is 0 Å². The van der Waals surface area contributed by atoms with E-state index >= 15 is 0 Å². The number of hydrogen-bond acceptors (Lipinski definition) is 3. The van der Waals surface area contributed by atoms with E-state index in [-0.39, 0.29) is 11.0 Å². The zero-order valence-corrected chi connectivity index (χ0v) is 16.4. The lowest BCUT2D eigenvalue weighted by molar-refractivity contribution is 0.0995. The molecule has 4 rings (SSSR count). The van der Waals surface area contributed by atoms with Gasteiger partial charge < -0.3 is 9.55 Å². The molecule has 1 aliphatic carbocycles. The summed E-state index contributed by atoms with van der Waals surface area (Å²) in [5.74, 6) is 0.156. The summed E-state index contributed by atoms with van der Waals surface area (Å²) in [4.78, 5) is 21.1. The Morgan fingerprint density at radius 3 is 2.77 bits per heavy atom. The summed E-state index contributed by atoms with van der Waals surface area (Å²) in [7, 11) is 0. The number of nitrogens with zero attached hydrogens (tertiary/aromatic N) is 2. The number of para-hydroxylation sites is 1. The van der Waals surface area contributed by atoms with Crippen LogP contribution in [0, 0.1) is 13.8 Å². The Morgan fingerprint density at radius 2 is 2.00 bits per heavy atom. The smallest absolute Gasteiger partial charge is 0.178 e. The van der Waals surface area contributed by atoms with E-state index in [0.717, 1.165) is 27.3 Å². The summed E-state index contributed by atoms with van der Waals surface area (Å²) in [6.45, 7) is 6.21. The highest BCUT2D eigenvalue weighted by atomic mass is 32.2. The van der Waals surface area contributed by atoms with Crippen molar-refractivity contribution in [1.29, 1.82) is 0 Å². The topological polar surface area (TPSA) is 50.7 Å². The second-order valence-electron chi connectivity index (χ2n) is 7.25. The Morgan fingerprint density at radius 1 is 1.27 bits per heavy atom. The maximum absolute atomic E-state index is 13.1. The zero-order valence-electron chi connectivity index (χ0n) is 15.6. The Kier molecular flexibility index (Phi) is 4.65. The molecule has 0 saturated heterocycles. The first-order valence-corrected chi connectivity index (χ1v) is 10.3. The number of benzene rings is 1. The minimum atomic E-state index is -0.171. The van der Waals surface area contributed by atoms with Crippen molar-refractivity contribution in [3.8, 4) is 0 Å². The van der Waals surface area contributed by atoms with Gasteiger partial charge in [-0.2, -0.15) is 0 Å². The fourth-order valence-electron chi connectivity index (χ4n) is 3.98. The molecule has 1 saturated carbocycles. The molecule has 0 bridgehead atoms. The minimum absolute atomic E-state index is 0.156. The van der Waals surface area contributed by atoms with Crippen molar-refractivity contribution in [3.05, 3.63) is 47.4 Å². The van der Waals surface area contributed by atoms with E-state index in [1.165, 1.54) is 31.4 Å². The van der Waals surface area contributed by atoms with Gasteiger partial charge in [-0.25, -0.2) is 4.98 Å². The molecule has 26 heavy (non-hydrogen) atoms. The van der Waals surface area contributed by atoms with Gasteiger partial charge in [0.25, 0.3) is 0 Å². The molecule has 2 heterocycles. The largest absolute Gasteiger partial charge is 0.360 e. The molecule has 0 radical (unpaired) electrons. The highest BCUT2D eigenvalue weighted by Crippen LogP contribution is 2.37. The highest BCUT2D eigenvalue weighted by Gasteiger charge is 2.27. The third-order valence-corrected chi connectivity index (χ3v) is 6.62. The second-order valence-corrected chi connectivity index (χ2v) is 8.55. The van der Waals surface area contributed by atoms with Crippen LogP contribution >= 0.6 is 11.8 Å². The third-order valence-electron chi connectivity index (χ3n) is 5.55. The van der Waals surface area contributed by atoms with Crippen molar-refractivity contribution < 1.29 is 4.79 Å². The lowest BCUT2D eigenvalue weighted by Gasteiger charge is -2.18. The molecule has 3 aromatic rings. The molecule has 2 aromatic heterocycles. The fourth-order valence-corrected chi connectivity index (χ4v) is 5.12. The molecule has 4 nitrogen and oxygen atoms in total. The van der Waals surface area contributed by atoms with Crippen molar-refractivity contribution in [2.75, 3.05) is 0 Å². The average molecular weight is 368 g/mol. The number of thioether (sulfide) groups is 1. The van der Waals surface area contributed by atoms with Gasteiger partial charge in [-0.3, -0.25) is 4.79 Å². The summed E-state index contributed by atoms with van der Waals surface area (Å²) in [5, 5.41) is 1.82. The average Bonchev–Trinajstić information content (AvgIpc) is 3.35. The summed E-state index contributed by atoms with van der Waals surface area (Å²) in [6.07, 6.45) is 6.85. The van der Waals surface area contributed by atoms with Gasteiger partial charge in [0.2, 0.25) is 0 Å². The molecule has 5 heteroatoms. The predicted molar refractivity (Wildman–Crippen MR) is 107 cm³/mol. The van der Waals surface area contributed by atoms with Gasteiger partial charge >= 0.3 is 0 Å². The molecule has 0 unspecified atom stereocenters. The van der Waals surface area contributed by atoms with Crippen molar-refractivity contribution in [2.24, 2.45) is 0 Å². The first-order chi connectivity index (χ1) is 12.6. The number of aromatic amines is 1. The number of ketones is 1. The van der Waals surface area contributed by atoms with E-state index in [1.807, 2.05) is 37.4 Å². The summed E-state index contributed by atoms with van der Waals surface area (Å²) < 4.78 is 2.38. The van der Waals surface area contributed by atoms with Crippen LogP contribution in [-0.4, -0.2) is 25.6 Å². The van der Waals surface area contributed by atoms with Crippen LogP contribution in [0.1, 0.15) is 60.4 Å². The number of aromatic nitrogens is 3. The van der Waals surface area contributed by atoms with Gasteiger partial charge in [-0.05, 0) is 39.7 Å². The van der Waals surface area contributed by atoms with Gasteiger partial charge in [0, 0.05) is 34.4 Å². The monoisotopic (exact) mass is 367 g/mol. The predicted octanol–water partition coefficient (Wildman–Crippen LogP) is 5.46. The van der Waals surface area contributed by atoms with Gasteiger partial charge in [-0.1, -0.05) is 42.8 Å². The molecule has 0 amide bonds. The number of H-pyrrole nitrogens is 1. The number of carbonyl (C=O) groups excluding carboxylic acids is 1. The molecule has 1 aliphatic rings. The highest BCUT2D eigenvalue weighted by molar-refractivity contribution is 8.00. The molecule has 0 spiro atoms. The third kappa shape index (κ3) is 2.98. The van der Waals surface area contributed by atoms with E-state index < -0.39 is 0 Å². The molecule has 1 fully saturated rings. The number of rotatable bonds is 5. The lowest BCUT2D eigenvalue weighted by atomic mass is 10.1. The number of nitrogens with one attached hydrogen (secondary N) is 1. The number of Topliss-reactive ketones (excluding diaryl/α,β-unsaturated/α-hetero) is 1. The second kappa shape index (κ2) is 6.95. The van der Waals surface area contributed by atoms with Crippen LogP contribution in [0.25, 0.3) is 10.9 Å². The van der Waals surface area contributed by atoms with Crippen LogP contribution < -0.4 is 0 Å². The van der Waals surface area contributed by atoms with Crippen molar-refractivity contribution in [2.45, 2.75) is 62.9 Å². The van der Waals surface area contributed by atoms with E-state index in [0.29, 0.717) is 6.04 Å². The Hall–Kier alpha value is -2.01. The maximum Gasteiger partial charge on any atom is 0.178 e. The first-order valence-electron chi connectivity index (χ1n) is 9.38. The van der Waals surface area contributed by atoms with Crippen LogP contribution in [0.2, 0.25) is 0 Å². The Bertz CT molecular complexity index is 949. The number of imidazole rings is 1. The van der Waals surface area contributed by atoms with Crippen LogP contribution in [0.5, 0.6) is 0 Å². The van der Waals surface area contributed by atoms with E-state index in [1.54, 1.807) is 11.8 Å². The number of carbonyl (C=O) groups is 1. The quantitative estimate of drug-likeness (QED) is 0.481. The van der Waals surface area contributed by atoms with Crippen LogP contribution in [0.3, 0.4) is 0 Å². The van der Waals surface area contributed by atoms with Crippen LogP contribution in [-0.2, 0) is 0 Å². The van der Waals surface area contributed by atoms with Crippen LogP contribution in [0.15, 0.2) is 35.6 Å². The molecule has 1 N–H and O–H groups in total. The minimum Gasteiger partial charge on any atom is -0.360 e. The molecular formula is C21H25N3OS. The SMILES string of the molecule is Cc1nc(S[C@@H](C)C(=O)c2c[nH]c3ccccc23)n(C2CCCC2)c1C. The summed E-state index contributed by atoms with van der Waals surface area (Å²) >= 11 is 1.60. The van der Waals surface area contributed by atoms with Crippen LogP contribution in [0.4, 0.5) is 0 Å². The molecule has 136 valence electrons. The van der Waals surface area contributed by atoms with Gasteiger partial charge in [-0.15, -0.1) is 0 Å². The number of aryl methyl sites for hydroxylation is 1. The van der Waals surface area contributed by atoms with Gasteiger partial charge in [0.1, 0.15) is 0 Å². The van der Waals surface area contributed by atoms with E-state index in [4.69, 9.17) is 4.98 Å². The van der Waals surface area contributed by atoms with Gasteiger partial charge in [0.15, 0.2) is 10.9 Å². The number of fused-ring (bicyclic) bond motifs is 1. The van der Waals surface area contributed by atoms with Gasteiger partial charge in [0.05, 0.1) is 10.9 Å². The maximum atomic E-state index is 13.1. The standard InChI is InChI=1S/C21H25N3OS/c1-13-14(2)24(16-8-4-5-9-16)21(23-13)26-15(3)20(25)18-12-22-19-11-7-6-10-17(18)19/h6-7,10-12,15-16,22H,4-5,8-9H2,1-3H3/t15-/m0/s1. The lowest BCUT2D eigenvalue weighted by Crippen LogP contribution is -2.15. The fraction of sp³-hybridized carbons (Fsp3) is 0.429. The zero-order chi connectivity index (χ0) is 18.3.